The summed E-state index contributed by atoms with van der Waals surface area (Å²) in [5.74, 6) is 0.910. The Balaban J connectivity index is 1.56. The molecule has 0 radical (unpaired) electrons. The molecule has 10 heteroatoms. The Kier molecular flexibility index (Phi) is 7.95. The largest absolute Gasteiger partial charge is 0.493 e. The lowest BCUT2D eigenvalue weighted by Gasteiger charge is -2.26. The molecule has 1 aliphatic heterocycles. The van der Waals surface area contributed by atoms with E-state index in [1.165, 1.54) is 6.20 Å². The van der Waals surface area contributed by atoms with Crippen molar-refractivity contribution in [3.8, 4) is 11.5 Å². The maximum atomic E-state index is 12.2. The molecule has 192 valence electrons. The van der Waals surface area contributed by atoms with Gasteiger partial charge >= 0.3 is 0 Å². The molecule has 0 aliphatic carbocycles. The third-order valence-electron chi connectivity index (χ3n) is 6.39. The van der Waals surface area contributed by atoms with Crippen LogP contribution >= 0.6 is 0 Å². The number of sulfone groups is 1. The zero-order valence-corrected chi connectivity index (χ0v) is 21.4. The molecule has 0 bridgehead atoms. The van der Waals surface area contributed by atoms with E-state index in [2.05, 4.69) is 22.1 Å². The van der Waals surface area contributed by atoms with Gasteiger partial charge in [0.25, 0.3) is 5.91 Å². The summed E-state index contributed by atoms with van der Waals surface area (Å²) in [6, 6.07) is 11.5. The van der Waals surface area contributed by atoms with E-state index < -0.39 is 15.7 Å². The van der Waals surface area contributed by atoms with Crippen molar-refractivity contribution in [3.63, 3.8) is 0 Å². The van der Waals surface area contributed by atoms with Crippen molar-refractivity contribution in [1.82, 2.24) is 9.88 Å². The molecule has 9 nitrogen and oxygen atoms in total. The molecule has 1 amide bonds. The minimum Gasteiger partial charge on any atom is -0.493 e. The highest BCUT2D eigenvalue weighted by Crippen LogP contribution is 2.37. The summed E-state index contributed by atoms with van der Waals surface area (Å²) in [5.41, 5.74) is 9.16. The highest BCUT2D eigenvalue weighted by Gasteiger charge is 2.21. The number of nitrogens with two attached hydrogens (primary N) is 1. The minimum atomic E-state index is -2.89. The number of carbonyl (C=O) groups excluding carboxylic acids is 1. The second kappa shape index (κ2) is 11.1. The van der Waals surface area contributed by atoms with Crippen LogP contribution in [0.25, 0.3) is 10.9 Å². The number of benzene rings is 2. The summed E-state index contributed by atoms with van der Waals surface area (Å²) in [5, 5.41) is 4.09. The van der Waals surface area contributed by atoms with E-state index in [0.29, 0.717) is 47.8 Å². The number of hydrogen-bond donors (Lipinski definition) is 2. The van der Waals surface area contributed by atoms with Crippen molar-refractivity contribution in [2.45, 2.75) is 19.8 Å². The zero-order valence-electron chi connectivity index (χ0n) is 20.6. The number of fused-ring (bicyclic) bond motifs is 1. The van der Waals surface area contributed by atoms with Crippen LogP contribution in [0.2, 0.25) is 0 Å². The first kappa shape index (κ1) is 25.7. The van der Waals surface area contributed by atoms with E-state index in [0.717, 1.165) is 30.6 Å². The molecule has 2 aromatic carbocycles. The Morgan fingerprint density at radius 1 is 1.17 bits per heavy atom. The van der Waals surface area contributed by atoms with E-state index in [1.54, 1.807) is 19.2 Å². The summed E-state index contributed by atoms with van der Waals surface area (Å²) < 4.78 is 34.8. The summed E-state index contributed by atoms with van der Waals surface area (Å²) in [7, 11) is -1.32. The first-order chi connectivity index (χ1) is 17.3. The number of primary amides is 1. The van der Waals surface area contributed by atoms with Crippen LogP contribution in [0.15, 0.2) is 42.6 Å². The Hall–Kier alpha value is -3.37. The fraction of sp³-hybridized carbons (Fsp3) is 0.385. The molecular formula is C26H32N4O5S. The van der Waals surface area contributed by atoms with Gasteiger partial charge < -0.3 is 25.4 Å². The van der Waals surface area contributed by atoms with Crippen LogP contribution in [0.3, 0.4) is 0 Å². The van der Waals surface area contributed by atoms with E-state index in [-0.39, 0.29) is 17.1 Å². The molecule has 0 spiro atoms. The molecule has 0 atom stereocenters. The fourth-order valence-corrected chi connectivity index (χ4v) is 5.60. The van der Waals surface area contributed by atoms with Gasteiger partial charge in [0.2, 0.25) is 0 Å². The highest BCUT2D eigenvalue weighted by molar-refractivity contribution is 7.91. The number of hydrogen-bond acceptors (Lipinski definition) is 8. The lowest BCUT2D eigenvalue weighted by atomic mass is 10.1. The van der Waals surface area contributed by atoms with Crippen LogP contribution in [0, 0.1) is 0 Å². The third-order valence-corrected chi connectivity index (χ3v) is 8.00. The van der Waals surface area contributed by atoms with E-state index in [9.17, 15) is 13.2 Å². The van der Waals surface area contributed by atoms with Gasteiger partial charge in [0.15, 0.2) is 21.3 Å². The summed E-state index contributed by atoms with van der Waals surface area (Å²) in [4.78, 5) is 18.8. The second-order valence-electron chi connectivity index (χ2n) is 8.76. The Labute approximate surface area is 211 Å². The SMILES string of the molecule is CCc1ccccc1Nc1c(C(N)=O)cnc2cc(OCCCN3CCS(=O)(=O)CC3)c(OC)cc12. The smallest absolute Gasteiger partial charge is 0.252 e. The molecule has 1 saturated heterocycles. The molecule has 0 unspecified atom stereocenters. The van der Waals surface area contributed by atoms with Gasteiger partial charge in [-0.2, -0.15) is 0 Å². The second-order valence-corrected chi connectivity index (χ2v) is 11.1. The first-order valence-corrected chi connectivity index (χ1v) is 13.8. The van der Waals surface area contributed by atoms with Crippen LogP contribution < -0.4 is 20.5 Å². The Bertz CT molecular complexity index is 1350. The molecular weight excluding hydrogens is 480 g/mol. The van der Waals surface area contributed by atoms with Crippen molar-refractivity contribution < 1.29 is 22.7 Å². The van der Waals surface area contributed by atoms with E-state index in [1.807, 2.05) is 24.3 Å². The quantitative estimate of drug-likeness (QED) is 0.397. The Morgan fingerprint density at radius 2 is 1.92 bits per heavy atom. The molecule has 2 heterocycles. The van der Waals surface area contributed by atoms with E-state index in [4.69, 9.17) is 15.2 Å². The molecule has 1 aliphatic rings. The number of rotatable bonds is 10. The lowest BCUT2D eigenvalue weighted by molar-refractivity contribution is 0.100. The number of aryl methyl sites for hydroxylation is 1. The van der Waals surface area contributed by atoms with Gasteiger partial charge in [-0.15, -0.1) is 0 Å². The predicted octanol–water partition coefficient (Wildman–Crippen LogP) is 3.15. The summed E-state index contributed by atoms with van der Waals surface area (Å²) >= 11 is 0. The zero-order chi connectivity index (χ0) is 25.7. The van der Waals surface area contributed by atoms with E-state index >= 15 is 0 Å². The standard InChI is InChI=1S/C26H32N4O5S/c1-3-18-7-4-5-8-21(18)29-25-19-15-23(34-2)24(16-22(19)28-17-20(25)26(27)31)35-12-6-9-30-10-13-36(32,33)14-11-30/h4-5,7-8,15-17H,3,6,9-14H2,1-2H3,(H2,27,31)(H,28,29). The number of methoxy groups -OCH3 is 1. The lowest BCUT2D eigenvalue weighted by Crippen LogP contribution is -2.40. The van der Waals surface area contributed by atoms with Crippen LogP contribution in [0.4, 0.5) is 11.4 Å². The average Bonchev–Trinajstić information content (AvgIpc) is 2.87. The number of ether oxygens (including phenoxy) is 2. The van der Waals surface area contributed by atoms with Gasteiger partial charge in [0, 0.05) is 43.0 Å². The molecule has 36 heavy (non-hydrogen) atoms. The third kappa shape index (κ3) is 5.88. The number of anilines is 2. The predicted molar refractivity (Wildman–Crippen MR) is 141 cm³/mol. The number of nitrogens with zero attached hydrogens (tertiary/aromatic N) is 2. The van der Waals surface area contributed by atoms with Gasteiger partial charge in [-0.05, 0) is 30.5 Å². The van der Waals surface area contributed by atoms with Crippen molar-refractivity contribution in [3.05, 3.63) is 53.7 Å². The number of nitrogens with one attached hydrogen (secondary N) is 1. The minimum absolute atomic E-state index is 0.213. The molecule has 3 aromatic rings. The number of pyridine rings is 1. The van der Waals surface area contributed by atoms with Crippen LogP contribution in [-0.2, 0) is 16.3 Å². The van der Waals surface area contributed by atoms with Gasteiger partial charge in [-0.25, -0.2) is 8.42 Å². The molecule has 4 rings (SSSR count). The number of aromatic nitrogens is 1. The van der Waals surface area contributed by atoms with Crippen molar-refractivity contribution in [2.24, 2.45) is 5.73 Å². The Morgan fingerprint density at radius 3 is 2.61 bits per heavy atom. The number of carbonyl (C=O) groups is 1. The summed E-state index contributed by atoms with van der Waals surface area (Å²) in [6.45, 7) is 4.39. The van der Waals surface area contributed by atoms with Crippen LogP contribution in [0.1, 0.15) is 29.3 Å². The number of amides is 1. The van der Waals surface area contributed by atoms with Gasteiger partial charge in [-0.3, -0.25) is 9.78 Å². The fourth-order valence-electron chi connectivity index (χ4n) is 4.32. The monoisotopic (exact) mass is 512 g/mol. The van der Waals surface area contributed by atoms with Gasteiger partial charge in [0.1, 0.15) is 0 Å². The van der Waals surface area contributed by atoms with Crippen molar-refractivity contribution >= 4 is 38.0 Å². The molecule has 1 aromatic heterocycles. The summed E-state index contributed by atoms with van der Waals surface area (Å²) in [6.07, 6.45) is 3.05. The number of para-hydroxylation sites is 1. The van der Waals surface area contributed by atoms with Crippen LogP contribution in [0.5, 0.6) is 11.5 Å². The topological polar surface area (TPSA) is 124 Å². The molecule has 3 N–H and O–H groups in total. The maximum Gasteiger partial charge on any atom is 0.252 e. The van der Waals surface area contributed by atoms with Crippen molar-refractivity contribution in [2.75, 3.05) is 50.2 Å². The average molecular weight is 513 g/mol. The van der Waals surface area contributed by atoms with Gasteiger partial charge in [-0.1, -0.05) is 25.1 Å². The first-order valence-electron chi connectivity index (χ1n) is 12.0. The molecule has 0 saturated carbocycles. The van der Waals surface area contributed by atoms with Crippen LogP contribution in [-0.4, -0.2) is 69.1 Å². The molecule has 1 fully saturated rings. The highest BCUT2D eigenvalue weighted by atomic mass is 32.2. The maximum absolute atomic E-state index is 12.2. The van der Waals surface area contributed by atoms with Crippen molar-refractivity contribution in [1.29, 1.82) is 0 Å². The normalized spacial score (nSPS) is 15.5. The van der Waals surface area contributed by atoms with Gasteiger partial charge in [0.05, 0.1) is 42.0 Å².